The van der Waals surface area contributed by atoms with E-state index in [1.165, 1.54) is 19.3 Å². The summed E-state index contributed by atoms with van der Waals surface area (Å²) in [5.41, 5.74) is 0.451. The molecule has 1 fully saturated rings. The number of hydrogen-bond acceptors (Lipinski definition) is 6. The first-order chi connectivity index (χ1) is 9.95. The van der Waals surface area contributed by atoms with Gasteiger partial charge in [0.15, 0.2) is 0 Å². The van der Waals surface area contributed by atoms with E-state index in [-0.39, 0.29) is 6.10 Å². The molecule has 0 bridgehead atoms. The van der Waals surface area contributed by atoms with Crippen LogP contribution in [0.2, 0.25) is 0 Å². The standard InChI is InChI=1S/C15H27N5O/c1-6-15(4)7-9-20(10-8-15)13-17-12(16-5)18-14(19-13)21-11(2)3/h11H,6-10H2,1-5H3,(H,16,17,18,19). The summed E-state index contributed by atoms with van der Waals surface area (Å²) in [6, 6.07) is 0.392. The van der Waals surface area contributed by atoms with Gasteiger partial charge in [-0.05, 0) is 32.1 Å². The molecule has 0 aromatic carbocycles. The molecule has 1 aliphatic rings. The van der Waals surface area contributed by atoms with Crippen LogP contribution in [0.4, 0.5) is 11.9 Å². The number of ether oxygens (including phenoxy) is 1. The molecular formula is C15H27N5O. The number of piperidine rings is 1. The van der Waals surface area contributed by atoms with Gasteiger partial charge in [0.05, 0.1) is 6.10 Å². The van der Waals surface area contributed by atoms with Crippen molar-refractivity contribution in [3.05, 3.63) is 0 Å². The van der Waals surface area contributed by atoms with Gasteiger partial charge in [-0.1, -0.05) is 20.3 Å². The third-order valence-corrected chi connectivity index (χ3v) is 4.27. The van der Waals surface area contributed by atoms with Crippen molar-refractivity contribution in [1.82, 2.24) is 15.0 Å². The fraction of sp³-hybridized carbons (Fsp3) is 0.800. The van der Waals surface area contributed by atoms with Crippen molar-refractivity contribution in [2.45, 2.75) is 53.1 Å². The van der Waals surface area contributed by atoms with Crippen molar-refractivity contribution in [2.75, 3.05) is 30.4 Å². The van der Waals surface area contributed by atoms with Crippen LogP contribution in [0.25, 0.3) is 0 Å². The second kappa shape index (κ2) is 6.45. The lowest BCUT2D eigenvalue weighted by Gasteiger charge is -2.38. The van der Waals surface area contributed by atoms with E-state index in [2.05, 4.69) is 39.0 Å². The second-order valence-electron chi connectivity index (χ2n) is 6.31. The Balaban J connectivity index is 2.16. The van der Waals surface area contributed by atoms with Gasteiger partial charge in [0.2, 0.25) is 11.9 Å². The van der Waals surface area contributed by atoms with Gasteiger partial charge in [0.1, 0.15) is 0 Å². The monoisotopic (exact) mass is 293 g/mol. The first-order valence-corrected chi connectivity index (χ1v) is 7.81. The summed E-state index contributed by atoms with van der Waals surface area (Å²) in [6.45, 7) is 10.5. The molecule has 0 amide bonds. The molecule has 2 rings (SSSR count). The second-order valence-corrected chi connectivity index (χ2v) is 6.31. The van der Waals surface area contributed by atoms with Crippen LogP contribution in [0.3, 0.4) is 0 Å². The minimum Gasteiger partial charge on any atom is -0.461 e. The minimum absolute atomic E-state index is 0.0506. The molecule has 0 unspecified atom stereocenters. The Morgan fingerprint density at radius 2 is 1.90 bits per heavy atom. The summed E-state index contributed by atoms with van der Waals surface area (Å²) < 4.78 is 5.62. The van der Waals surface area contributed by atoms with Crippen LogP contribution in [-0.4, -0.2) is 41.2 Å². The summed E-state index contributed by atoms with van der Waals surface area (Å²) in [4.78, 5) is 15.4. The van der Waals surface area contributed by atoms with Gasteiger partial charge in [-0.2, -0.15) is 15.0 Å². The molecule has 2 heterocycles. The fourth-order valence-corrected chi connectivity index (χ4v) is 2.46. The van der Waals surface area contributed by atoms with Crippen LogP contribution in [0.15, 0.2) is 0 Å². The highest BCUT2D eigenvalue weighted by Crippen LogP contribution is 2.35. The van der Waals surface area contributed by atoms with E-state index in [0.29, 0.717) is 23.3 Å². The van der Waals surface area contributed by atoms with Crippen LogP contribution >= 0.6 is 0 Å². The predicted molar refractivity (Wildman–Crippen MR) is 85.0 cm³/mol. The lowest BCUT2D eigenvalue weighted by Crippen LogP contribution is -2.39. The normalized spacial score (nSPS) is 17.9. The van der Waals surface area contributed by atoms with Gasteiger partial charge in [0.25, 0.3) is 0 Å². The molecule has 1 saturated heterocycles. The zero-order valence-corrected chi connectivity index (χ0v) is 13.8. The maximum atomic E-state index is 5.62. The smallest absolute Gasteiger partial charge is 0.323 e. The molecule has 1 N–H and O–H groups in total. The zero-order valence-electron chi connectivity index (χ0n) is 13.8. The average Bonchev–Trinajstić information content (AvgIpc) is 2.47. The van der Waals surface area contributed by atoms with Gasteiger partial charge in [-0.25, -0.2) is 0 Å². The van der Waals surface area contributed by atoms with Crippen molar-refractivity contribution in [2.24, 2.45) is 5.41 Å². The number of nitrogens with one attached hydrogen (secondary N) is 1. The average molecular weight is 293 g/mol. The summed E-state index contributed by atoms with van der Waals surface area (Å²) in [5.74, 6) is 1.27. The molecule has 6 heteroatoms. The number of anilines is 2. The van der Waals surface area contributed by atoms with E-state index in [1.807, 2.05) is 20.9 Å². The highest BCUT2D eigenvalue weighted by atomic mass is 16.5. The summed E-state index contributed by atoms with van der Waals surface area (Å²) in [7, 11) is 1.81. The summed E-state index contributed by atoms with van der Waals surface area (Å²) >= 11 is 0. The van der Waals surface area contributed by atoms with Crippen LogP contribution in [0.1, 0.15) is 47.0 Å². The Morgan fingerprint density at radius 1 is 1.24 bits per heavy atom. The van der Waals surface area contributed by atoms with Crippen molar-refractivity contribution in [3.63, 3.8) is 0 Å². The van der Waals surface area contributed by atoms with Crippen LogP contribution in [-0.2, 0) is 0 Å². The third kappa shape index (κ3) is 3.95. The van der Waals surface area contributed by atoms with E-state index in [1.54, 1.807) is 0 Å². The zero-order chi connectivity index (χ0) is 15.5. The fourth-order valence-electron chi connectivity index (χ4n) is 2.46. The van der Waals surface area contributed by atoms with Crippen molar-refractivity contribution < 1.29 is 4.74 Å². The Labute approximate surface area is 127 Å². The Bertz CT molecular complexity index is 469. The molecule has 1 aromatic heterocycles. The quantitative estimate of drug-likeness (QED) is 0.900. The molecule has 0 atom stereocenters. The molecule has 6 nitrogen and oxygen atoms in total. The van der Waals surface area contributed by atoms with Gasteiger partial charge in [-0.3, -0.25) is 0 Å². The maximum Gasteiger partial charge on any atom is 0.323 e. The van der Waals surface area contributed by atoms with Crippen LogP contribution in [0.5, 0.6) is 6.01 Å². The molecule has 0 spiro atoms. The number of rotatable bonds is 5. The Kier molecular flexibility index (Phi) is 4.85. The molecule has 0 aliphatic carbocycles. The highest BCUT2D eigenvalue weighted by Gasteiger charge is 2.29. The first kappa shape index (κ1) is 15.8. The van der Waals surface area contributed by atoms with Crippen LogP contribution < -0.4 is 15.0 Å². The minimum atomic E-state index is 0.0506. The van der Waals surface area contributed by atoms with Crippen molar-refractivity contribution in [3.8, 4) is 6.01 Å². The van der Waals surface area contributed by atoms with Crippen molar-refractivity contribution >= 4 is 11.9 Å². The number of aromatic nitrogens is 3. The first-order valence-electron chi connectivity index (χ1n) is 7.81. The summed E-state index contributed by atoms with van der Waals surface area (Å²) in [5, 5.41) is 2.98. The van der Waals surface area contributed by atoms with Crippen LogP contribution in [0, 0.1) is 5.41 Å². The topological polar surface area (TPSA) is 63.2 Å². The lowest BCUT2D eigenvalue weighted by molar-refractivity contribution is 0.220. The molecule has 1 aliphatic heterocycles. The maximum absolute atomic E-state index is 5.62. The van der Waals surface area contributed by atoms with E-state index in [0.717, 1.165) is 13.1 Å². The highest BCUT2D eigenvalue weighted by molar-refractivity contribution is 5.38. The van der Waals surface area contributed by atoms with E-state index < -0.39 is 0 Å². The van der Waals surface area contributed by atoms with Crippen molar-refractivity contribution in [1.29, 1.82) is 0 Å². The Hall–Kier alpha value is -1.59. The SMILES string of the molecule is CCC1(C)CCN(c2nc(NC)nc(OC(C)C)n2)CC1. The van der Waals surface area contributed by atoms with Gasteiger partial charge in [-0.15, -0.1) is 0 Å². The summed E-state index contributed by atoms with van der Waals surface area (Å²) in [6.07, 6.45) is 3.62. The molecule has 0 saturated carbocycles. The third-order valence-electron chi connectivity index (χ3n) is 4.27. The molecule has 0 radical (unpaired) electrons. The molecule has 118 valence electrons. The van der Waals surface area contributed by atoms with E-state index in [9.17, 15) is 0 Å². The molecular weight excluding hydrogens is 266 g/mol. The molecule has 21 heavy (non-hydrogen) atoms. The number of hydrogen-bond donors (Lipinski definition) is 1. The lowest BCUT2D eigenvalue weighted by atomic mass is 9.78. The van der Waals surface area contributed by atoms with Gasteiger partial charge < -0.3 is 15.0 Å². The molecule has 1 aromatic rings. The van der Waals surface area contributed by atoms with E-state index >= 15 is 0 Å². The largest absolute Gasteiger partial charge is 0.461 e. The predicted octanol–water partition coefficient (Wildman–Crippen LogP) is 2.72. The van der Waals surface area contributed by atoms with Gasteiger partial charge in [0, 0.05) is 20.1 Å². The Morgan fingerprint density at radius 3 is 2.43 bits per heavy atom. The number of nitrogens with zero attached hydrogens (tertiary/aromatic N) is 4. The van der Waals surface area contributed by atoms with Gasteiger partial charge >= 0.3 is 6.01 Å². The van der Waals surface area contributed by atoms with E-state index in [4.69, 9.17) is 4.74 Å².